The second-order valence-corrected chi connectivity index (χ2v) is 6.55. The monoisotopic (exact) mass is 465 g/mol. The van der Waals surface area contributed by atoms with E-state index in [1.54, 1.807) is 0 Å². The molecule has 0 aliphatic carbocycles. The zero-order valence-electron chi connectivity index (χ0n) is 18.6. The Labute approximate surface area is 190 Å². The molecule has 0 saturated carbocycles. The van der Waals surface area contributed by atoms with E-state index in [0.29, 0.717) is 0 Å². The number of hydrogen-bond acceptors (Lipinski definition) is 9. The van der Waals surface area contributed by atoms with E-state index in [4.69, 9.17) is 0 Å². The minimum atomic E-state index is -0.619. The van der Waals surface area contributed by atoms with Crippen LogP contribution in [0.15, 0.2) is 18.2 Å². The first-order chi connectivity index (χ1) is 15.7. The van der Waals surface area contributed by atoms with Crippen LogP contribution in [0.3, 0.4) is 0 Å². The van der Waals surface area contributed by atoms with Gasteiger partial charge in [-0.1, -0.05) is 0 Å². The highest BCUT2D eigenvalue weighted by Crippen LogP contribution is 2.12. The number of nitrogens with one attached hydrogen (secondary N) is 3. The predicted molar refractivity (Wildman–Crippen MR) is 113 cm³/mol. The highest BCUT2D eigenvalue weighted by atomic mass is 16.5. The topological polar surface area (TPSA) is 166 Å². The van der Waals surface area contributed by atoms with Crippen LogP contribution in [0.25, 0.3) is 0 Å². The van der Waals surface area contributed by atoms with Crippen LogP contribution in [0.5, 0.6) is 0 Å². The van der Waals surface area contributed by atoms with Crippen molar-refractivity contribution in [1.29, 1.82) is 0 Å². The van der Waals surface area contributed by atoms with Crippen LogP contribution in [0.4, 0.5) is 0 Å². The van der Waals surface area contributed by atoms with Crippen molar-refractivity contribution >= 4 is 35.6 Å². The summed E-state index contributed by atoms with van der Waals surface area (Å²) < 4.78 is 13.5. The molecule has 0 fully saturated rings. The van der Waals surface area contributed by atoms with Gasteiger partial charge in [0.25, 0.3) is 17.7 Å². The molecule has 0 atom stereocenters. The lowest BCUT2D eigenvalue weighted by atomic mass is 10.0. The lowest BCUT2D eigenvalue weighted by Crippen LogP contribution is -2.30. The molecule has 0 saturated heterocycles. The smallest absolute Gasteiger partial charge is 0.307 e. The van der Waals surface area contributed by atoms with Gasteiger partial charge in [0, 0.05) is 36.3 Å². The fraction of sp³-hybridized carbons (Fsp3) is 0.429. The first-order valence-corrected chi connectivity index (χ1v) is 9.92. The molecule has 0 unspecified atom stereocenters. The van der Waals surface area contributed by atoms with E-state index >= 15 is 0 Å². The molecule has 3 N–H and O–H groups in total. The molecule has 1 aromatic rings. The van der Waals surface area contributed by atoms with Crippen molar-refractivity contribution in [1.82, 2.24) is 16.0 Å². The zero-order valence-corrected chi connectivity index (χ0v) is 18.6. The van der Waals surface area contributed by atoms with Crippen molar-refractivity contribution < 1.29 is 43.0 Å². The van der Waals surface area contributed by atoms with Crippen LogP contribution in [-0.2, 0) is 28.6 Å². The van der Waals surface area contributed by atoms with E-state index in [2.05, 4.69) is 30.2 Å². The second kappa shape index (κ2) is 14.2. The van der Waals surface area contributed by atoms with Gasteiger partial charge in [-0.3, -0.25) is 28.8 Å². The number of amides is 3. The second-order valence-electron chi connectivity index (χ2n) is 6.55. The van der Waals surface area contributed by atoms with Crippen molar-refractivity contribution in [2.45, 2.75) is 19.3 Å². The maximum absolute atomic E-state index is 12.5. The molecule has 0 aliphatic heterocycles. The fourth-order valence-electron chi connectivity index (χ4n) is 2.47. The first kappa shape index (κ1) is 27.1. The summed E-state index contributed by atoms with van der Waals surface area (Å²) in [6, 6.07) is 3.81. The van der Waals surface area contributed by atoms with Crippen LogP contribution in [0.1, 0.15) is 50.3 Å². The number of ether oxygens (including phenoxy) is 3. The summed E-state index contributed by atoms with van der Waals surface area (Å²) in [4.78, 5) is 71.1. The van der Waals surface area contributed by atoms with E-state index in [0.717, 1.165) is 0 Å². The number of hydrogen-bond donors (Lipinski definition) is 3. The van der Waals surface area contributed by atoms with Gasteiger partial charge in [-0.15, -0.1) is 0 Å². The Bertz CT molecular complexity index is 772. The Kier molecular flexibility index (Phi) is 11.6. The third kappa shape index (κ3) is 9.80. The Hall–Kier alpha value is -3.96. The van der Waals surface area contributed by atoms with Gasteiger partial charge in [-0.2, -0.15) is 0 Å². The highest BCUT2D eigenvalue weighted by molar-refractivity contribution is 6.04. The molecular formula is C21H27N3O9. The molecule has 0 spiro atoms. The molecular weight excluding hydrogens is 438 g/mol. The van der Waals surface area contributed by atoms with Crippen LogP contribution < -0.4 is 16.0 Å². The molecule has 12 nitrogen and oxygen atoms in total. The standard InChI is InChI=1S/C21H27N3O9/c1-31-16(25)4-7-22-19(28)13-10-14(20(29)23-8-5-17(26)32-2)12-15(11-13)21(30)24-9-6-18(27)33-3/h10-12H,4-9H2,1-3H3,(H,22,28)(H,23,29)(H,24,30). The van der Waals surface area contributed by atoms with Crippen molar-refractivity contribution in [3.63, 3.8) is 0 Å². The molecule has 1 rings (SSSR count). The number of esters is 3. The zero-order chi connectivity index (χ0) is 24.8. The normalized spacial score (nSPS) is 9.91. The maximum Gasteiger partial charge on any atom is 0.307 e. The summed E-state index contributed by atoms with van der Waals surface area (Å²) in [7, 11) is 3.66. The molecule has 0 aromatic heterocycles. The first-order valence-electron chi connectivity index (χ1n) is 9.92. The Morgan fingerprint density at radius 3 is 1.00 bits per heavy atom. The molecule has 0 radical (unpaired) electrons. The van der Waals surface area contributed by atoms with Crippen molar-refractivity contribution in [2.24, 2.45) is 0 Å². The van der Waals surface area contributed by atoms with E-state index in [1.807, 2.05) is 0 Å². The Balaban J connectivity index is 3.01. The molecule has 0 heterocycles. The average Bonchev–Trinajstić information content (AvgIpc) is 2.82. The third-order valence-electron chi connectivity index (χ3n) is 4.25. The molecule has 0 aliphatic rings. The van der Waals surface area contributed by atoms with Crippen LogP contribution in [-0.4, -0.2) is 76.6 Å². The molecule has 180 valence electrons. The SMILES string of the molecule is COC(=O)CCNC(=O)c1cc(C(=O)NCCC(=O)OC)cc(C(=O)NCCC(=O)OC)c1. The summed E-state index contributed by atoms with van der Waals surface area (Å²) in [6.45, 7) is -0.0366. The van der Waals surface area contributed by atoms with E-state index in [-0.39, 0.29) is 55.6 Å². The molecule has 3 amide bonds. The number of rotatable bonds is 12. The van der Waals surface area contributed by atoms with Gasteiger partial charge in [0.15, 0.2) is 0 Å². The van der Waals surface area contributed by atoms with Gasteiger partial charge in [0.1, 0.15) is 0 Å². The Morgan fingerprint density at radius 2 is 0.788 bits per heavy atom. The maximum atomic E-state index is 12.5. The van der Waals surface area contributed by atoms with Crippen LogP contribution >= 0.6 is 0 Å². The molecule has 12 heteroatoms. The van der Waals surface area contributed by atoms with Gasteiger partial charge < -0.3 is 30.2 Å². The van der Waals surface area contributed by atoms with Crippen molar-refractivity contribution in [2.75, 3.05) is 41.0 Å². The minimum absolute atomic E-state index is 0.00129. The van der Waals surface area contributed by atoms with Gasteiger partial charge in [0.2, 0.25) is 0 Å². The fourth-order valence-corrected chi connectivity index (χ4v) is 2.47. The van der Waals surface area contributed by atoms with Crippen LogP contribution in [0, 0.1) is 0 Å². The van der Waals surface area contributed by atoms with Gasteiger partial charge in [0.05, 0.1) is 40.6 Å². The summed E-state index contributed by atoms with van der Waals surface area (Å²) in [5.74, 6) is -3.40. The highest BCUT2D eigenvalue weighted by Gasteiger charge is 2.17. The number of carbonyl (C=O) groups is 6. The van der Waals surface area contributed by atoms with Gasteiger partial charge in [-0.05, 0) is 18.2 Å². The van der Waals surface area contributed by atoms with Crippen LogP contribution in [0.2, 0.25) is 0 Å². The van der Waals surface area contributed by atoms with E-state index < -0.39 is 35.6 Å². The predicted octanol–water partition coefficient (Wildman–Crippen LogP) is -0.435. The molecule has 1 aromatic carbocycles. The summed E-state index contributed by atoms with van der Waals surface area (Å²) >= 11 is 0. The number of methoxy groups -OCH3 is 3. The van der Waals surface area contributed by atoms with E-state index in [9.17, 15) is 28.8 Å². The largest absolute Gasteiger partial charge is 0.469 e. The van der Waals surface area contributed by atoms with Gasteiger partial charge in [-0.25, -0.2) is 0 Å². The van der Waals surface area contributed by atoms with Crippen molar-refractivity contribution in [3.8, 4) is 0 Å². The van der Waals surface area contributed by atoms with Crippen molar-refractivity contribution in [3.05, 3.63) is 34.9 Å². The minimum Gasteiger partial charge on any atom is -0.469 e. The molecule has 0 bridgehead atoms. The molecule has 33 heavy (non-hydrogen) atoms. The third-order valence-corrected chi connectivity index (χ3v) is 4.25. The summed E-state index contributed by atoms with van der Waals surface area (Å²) in [6.07, 6.45) is -0.176. The average molecular weight is 465 g/mol. The summed E-state index contributed by atoms with van der Waals surface area (Å²) in [5, 5.41) is 7.51. The summed E-state index contributed by atoms with van der Waals surface area (Å²) in [5.41, 5.74) is -0.00388. The lowest BCUT2D eigenvalue weighted by Gasteiger charge is -2.11. The number of carbonyl (C=O) groups excluding carboxylic acids is 6. The number of benzene rings is 1. The quantitative estimate of drug-likeness (QED) is 0.274. The lowest BCUT2D eigenvalue weighted by molar-refractivity contribution is -0.141. The van der Waals surface area contributed by atoms with E-state index in [1.165, 1.54) is 39.5 Å². The van der Waals surface area contributed by atoms with Gasteiger partial charge >= 0.3 is 17.9 Å². The Morgan fingerprint density at radius 1 is 0.545 bits per heavy atom.